The topological polar surface area (TPSA) is 87.5 Å². The van der Waals surface area contributed by atoms with Crippen LogP contribution in [0.1, 0.15) is 67.5 Å². The number of benzene rings is 2. The number of anilines is 2. The molecule has 0 saturated heterocycles. The zero-order valence-corrected chi connectivity index (χ0v) is 18.7. The van der Waals surface area contributed by atoms with E-state index in [1.165, 1.54) is 11.1 Å². The third-order valence-electron chi connectivity index (χ3n) is 4.82. The molecular formula is C24H29N7. The maximum Gasteiger partial charge on any atom is 0.265 e. The standard InChI is InChI=1S/C24H29N7/c1-16(2)21-10-6-19(7-11-21)14-25-29-23-18(5)28-31-24(27-23)30-26-15-20-8-12-22(13-9-20)17(3)4/h6-17H,1-5H3,(H2,27,29,30,31)/b25-14+,26-15+. The van der Waals surface area contributed by atoms with E-state index in [2.05, 4.69) is 88.2 Å². The average Bonchev–Trinajstić information content (AvgIpc) is 2.76. The van der Waals surface area contributed by atoms with Crippen LogP contribution < -0.4 is 10.9 Å². The molecule has 2 aromatic carbocycles. The number of rotatable bonds is 8. The Morgan fingerprint density at radius 1 is 0.710 bits per heavy atom. The molecule has 31 heavy (non-hydrogen) atoms. The van der Waals surface area contributed by atoms with Gasteiger partial charge in [0.2, 0.25) is 0 Å². The molecule has 1 aromatic heterocycles. The highest BCUT2D eigenvalue weighted by atomic mass is 15.4. The van der Waals surface area contributed by atoms with Crippen LogP contribution in [0.5, 0.6) is 0 Å². The Morgan fingerprint density at radius 3 is 1.68 bits per heavy atom. The van der Waals surface area contributed by atoms with Crippen LogP contribution in [0.25, 0.3) is 0 Å². The molecule has 0 aliphatic carbocycles. The van der Waals surface area contributed by atoms with Crippen LogP contribution in [0.4, 0.5) is 11.8 Å². The summed E-state index contributed by atoms with van der Waals surface area (Å²) in [5.74, 6) is 1.82. The molecule has 0 atom stereocenters. The van der Waals surface area contributed by atoms with Gasteiger partial charge in [-0.25, -0.2) is 5.43 Å². The zero-order valence-electron chi connectivity index (χ0n) is 18.7. The van der Waals surface area contributed by atoms with Crippen molar-refractivity contribution in [1.82, 2.24) is 15.2 Å². The molecule has 160 valence electrons. The van der Waals surface area contributed by atoms with Gasteiger partial charge in [0.1, 0.15) is 5.69 Å². The molecule has 3 rings (SSSR count). The number of aromatic nitrogens is 3. The van der Waals surface area contributed by atoms with E-state index in [0.29, 0.717) is 29.3 Å². The van der Waals surface area contributed by atoms with Crippen LogP contribution >= 0.6 is 0 Å². The molecule has 0 amide bonds. The predicted octanol–water partition coefficient (Wildman–Crippen LogP) is 5.32. The summed E-state index contributed by atoms with van der Waals surface area (Å²) in [5, 5.41) is 16.6. The molecular weight excluding hydrogens is 386 g/mol. The van der Waals surface area contributed by atoms with Crippen LogP contribution in [-0.2, 0) is 0 Å². The van der Waals surface area contributed by atoms with Gasteiger partial charge in [0.05, 0.1) is 12.4 Å². The van der Waals surface area contributed by atoms with Gasteiger partial charge in [-0.1, -0.05) is 76.2 Å². The number of hydrogen-bond acceptors (Lipinski definition) is 7. The molecule has 0 aliphatic rings. The maximum atomic E-state index is 4.39. The largest absolute Gasteiger partial charge is 0.265 e. The Bertz CT molecular complexity index is 1040. The minimum absolute atomic E-state index is 0.291. The van der Waals surface area contributed by atoms with Crippen molar-refractivity contribution in [3.05, 3.63) is 76.5 Å². The molecule has 0 radical (unpaired) electrons. The van der Waals surface area contributed by atoms with E-state index in [1.54, 1.807) is 12.4 Å². The van der Waals surface area contributed by atoms with Gasteiger partial charge in [-0.05, 0) is 41.0 Å². The molecule has 7 heteroatoms. The second-order valence-electron chi connectivity index (χ2n) is 7.95. The molecule has 1 heterocycles. The van der Waals surface area contributed by atoms with E-state index >= 15 is 0 Å². The van der Waals surface area contributed by atoms with Crippen LogP contribution in [0.2, 0.25) is 0 Å². The molecule has 3 aromatic rings. The highest BCUT2D eigenvalue weighted by molar-refractivity contribution is 5.80. The average molecular weight is 416 g/mol. The van der Waals surface area contributed by atoms with Gasteiger partial charge < -0.3 is 0 Å². The normalized spacial score (nSPS) is 11.7. The van der Waals surface area contributed by atoms with Crippen LogP contribution in [0.3, 0.4) is 0 Å². The lowest BCUT2D eigenvalue weighted by molar-refractivity contribution is 0.866. The Morgan fingerprint density at radius 2 is 1.19 bits per heavy atom. The second kappa shape index (κ2) is 10.4. The predicted molar refractivity (Wildman–Crippen MR) is 128 cm³/mol. The zero-order chi connectivity index (χ0) is 22.2. The lowest BCUT2D eigenvalue weighted by atomic mass is 10.0. The minimum Gasteiger partial charge on any atom is -0.260 e. The van der Waals surface area contributed by atoms with E-state index in [4.69, 9.17) is 0 Å². The summed E-state index contributed by atoms with van der Waals surface area (Å²) < 4.78 is 0. The first-order chi connectivity index (χ1) is 14.9. The lowest BCUT2D eigenvalue weighted by Gasteiger charge is -2.06. The number of nitrogens with zero attached hydrogens (tertiary/aromatic N) is 5. The van der Waals surface area contributed by atoms with Crippen molar-refractivity contribution < 1.29 is 0 Å². The summed E-state index contributed by atoms with van der Waals surface area (Å²) >= 11 is 0. The molecule has 0 bridgehead atoms. The SMILES string of the molecule is Cc1nnc(N/N=C/c2ccc(C(C)C)cc2)nc1N/N=C/c1ccc(C(C)C)cc1. The van der Waals surface area contributed by atoms with Gasteiger partial charge in [0.25, 0.3) is 5.95 Å². The smallest absolute Gasteiger partial charge is 0.260 e. The van der Waals surface area contributed by atoms with Gasteiger partial charge in [0, 0.05) is 0 Å². The first-order valence-corrected chi connectivity index (χ1v) is 10.4. The molecule has 0 unspecified atom stereocenters. The summed E-state index contributed by atoms with van der Waals surface area (Å²) in [6.07, 6.45) is 3.47. The molecule has 0 saturated carbocycles. The third-order valence-corrected chi connectivity index (χ3v) is 4.82. The van der Waals surface area contributed by atoms with Gasteiger partial charge in [-0.2, -0.15) is 15.2 Å². The van der Waals surface area contributed by atoms with Gasteiger partial charge in [0.15, 0.2) is 5.82 Å². The Balaban J connectivity index is 1.60. The van der Waals surface area contributed by atoms with E-state index in [-0.39, 0.29) is 0 Å². The van der Waals surface area contributed by atoms with E-state index < -0.39 is 0 Å². The summed E-state index contributed by atoms with van der Waals surface area (Å²) in [5.41, 5.74) is 11.0. The van der Waals surface area contributed by atoms with E-state index in [9.17, 15) is 0 Å². The number of aryl methyl sites for hydroxylation is 1. The third kappa shape index (κ3) is 6.44. The molecule has 0 fully saturated rings. The van der Waals surface area contributed by atoms with Crippen LogP contribution in [0.15, 0.2) is 58.7 Å². The minimum atomic E-state index is 0.291. The fourth-order valence-corrected chi connectivity index (χ4v) is 2.80. The van der Waals surface area contributed by atoms with Crippen molar-refractivity contribution in [3.8, 4) is 0 Å². The Hall–Kier alpha value is -3.61. The number of hydrazone groups is 2. The summed E-state index contributed by atoms with van der Waals surface area (Å²) in [4.78, 5) is 4.39. The van der Waals surface area contributed by atoms with Crippen molar-refractivity contribution >= 4 is 24.2 Å². The Kier molecular flexibility index (Phi) is 7.43. The maximum absolute atomic E-state index is 4.39. The van der Waals surface area contributed by atoms with Crippen LogP contribution in [-0.4, -0.2) is 27.6 Å². The van der Waals surface area contributed by atoms with Crippen molar-refractivity contribution in [2.45, 2.75) is 46.5 Å². The highest BCUT2D eigenvalue weighted by Gasteiger charge is 2.04. The van der Waals surface area contributed by atoms with E-state index in [0.717, 1.165) is 11.1 Å². The van der Waals surface area contributed by atoms with E-state index in [1.807, 2.05) is 31.2 Å². The fourth-order valence-electron chi connectivity index (χ4n) is 2.80. The van der Waals surface area contributed by atoms with Crippen molar-refractivity contribution in [2.75, 3.05) is 10.9 Å². The van der Waals surface area contributed by atoms with Gasteiger partial charge >= 0.3 is 0 Å². The lowest BCUT2D eigenvalue weighted by Crippen LogP contribution is -2.05. The summed E-state index contributed by atoms with van der Waals surface area (Å²) in [6.45, 7) is 10.5. The monoisotopic (exact) mass is 415 g/mol. The van der Waals surface area contributed by atoms with Crippen molar-refractivity contribution in [2.24, 2.45) is 10.2 Å². The number of nitrogens with one attached hydrogen (secondary N) is 2. The highest BCUT2D eigenvalue weighted by Crippen LogP contribution is 2.15. The summed E-state index contributed by atoms with van der Waals surface area (Å²) in [6, 6.07) is 16.6. The first-order valence-electron chi connectivity index (χ1n) is 10.4. The quantitative estimate of drug-likeness (QED) is 0.384. The van der Waals surface area contributed by atoms with Crippen LogP contribution in [0, 0.1) is 6.92 Å². The first kappa shape index (κ1) is 22.1. The van der Waals surface area contributed by atoms with Crippen molar-refractivity contribution in [1.29, 1.82) is 0 Å². The van der Waals surface area contributed by atoms with Gasteiger partial charge in [-0.15, -0.1) is 10.2 Å². The molecule has 0 spiro atoms. The molecule has 2 N–H and O–H groups in total. The van der Waals surface area contributed by atoms with Gasteiger partial charge in [-0.3, -0.25) is 5.43 Å². The number of hydrogen-bond donors (Lipinski definition) is 2. The van der Waals surface area contributed by atoms with Crippen molar-refractivity contribution in [3.63, 3.8) is 0 Å². The molecule has 7 nitrogen and oxygen atoms in total. The molecule has 0 aliphatic heterocycles. The fraction of sp³-hybridized carbons (Fsp3) is 0.292. The second-order valence-corrected chi connectivity index (χ2v) is 7.95. The Labute approximate surface area is 183 Å². The summed E-state index contributed by atoms with van der Waals surface area (Å²) in [7, 11) is 0.